The highest BCUT2D eigenvalue weighted by Crippen LogP contribution is 2.35. The highest BCUT2D eigenvalue weighted by atomic mass is 16.7. The van der Waals surface area contributed by atoms with Gasteiger partial charge in [-0.2, -0.15) is 0 Å². The predicted octanol–water partition coefficient (Wildman–Crippen LogP) is 3.20. The number of Topliss-reactive ketones (excluding diaryl/α,β-unsaturated/α-hetero) is 1. The number of aryl methyl sites for hydroxylation is 1. The smallest absolute Gasteiger partial charge is 0.430 e. The normalized spacial score (nSPS) is 22.2. The van der Waals surface area contributed by atoms with Crippen molar-refractivity contribution in [3.63, 3.8) is 0 Å². The van der Waals surface area contributed by atoms with Crippen molar-refractivity contribution in [3.8, 4) is 0 Å². The number of aromatic nitrogens is 1. The highest BCUT2D eigenvalue weighted by molar-refractivity contribution is 6.11. The third-order valence-corrected chi connectivity index (χ3v) is 6.66. The molecular formula is C24H32N4O4. The molecule has 32 heavy (non-hydrogen) atoms. The van der Waals surface area contributed by atoms with Crippen LogP contribution in [0.2, 0.25) is 0 Å². The Morgan fingerprint density at radius 2 is 1.97 bits per heavy atom. The zero-order valence-corrected chi connectivity index (χ0v) is 19.2. The molecule has 2 heterocycles. The standard InChI is InChI=1S/C24H32N4O4/c1-15(13-25)31-24(30)32-17(3)28-12-11-27(16(28)2)14-18-9-10-21-22(23(18)29)19-7-5-6-8-20(19)26(21)4/h5-8,11-12,15-18H,9-10,13-14,25H2,1-4H3. The number of ketones is 1. The Kier molecular flexibility index (Phi) is 6.15. The van der Waals surface area contributed by atoms with E-state index in [1.54, 1.807) is 13.8 Å². The summed E-state index contributed by atoms with van der Waals surface area (Å²) in [5, 5.41) is 1.04. The van der Waals surface area contributed by atoms with Crippen LogP contribution in [0, 0.1) is 5.92 Å². The molecule has 0 saturated heterocycles. The maximum atomic E-state index is 13.5. The Balaban J connectivity index is 1.42. The average molecular weight is 441 g/mol. The minimum absolute atomic E-state index is 0.0496. The van der Waals surface area contributed by atoms with Crippen molar-refractivity contribution >= 4 is 22.8 Å². The average Bonchev–Trinajstić information content (AvgIpc) is 3.28. The van der Waals surface area contributed by atoms with E-state index in [0.29, 0.717) is 6.54 Å². The Morgan fingerprint density at radius 3 is 2.72 bits per heavy atom. The Morgan fingerprint density at radius 1 is 1.22 bits per heavy atom. The van der Waals surface area contributed by atoms with Gasteiger partial charge in [-0.05, 0) is 39.7 Å². The number of carbonyl (C=O) groups excluding carboxylic acids is 2. The second-order valence-corrected chi connectivity index (χ2v) is 8.70. The van der Waals surface area contributed by atoms with Gasteiger partial charge < -0.3 is 29.6 Å². The molecule has 0 spiro atoms. The van der Waals surface area contributed by atoms with E-state index < -0.39 is 18.5 Å². The van der Waals surface area contributed by atoms with Crippen LogP contribution < -0.4 is 5.73 Å². The first-order valence-corrected chi connectivity index (χ1v) is 11.2. The topological polar surface area (TPSA) is 90.0 Å². The van der Waals surface area contributed by atoms with Gasteiger partial charge in [0.25, 0.3) is 0 Å². The van der Waals surface area contributed by atoms with E-state index in [0.717, 1.165) is 35.0 Å². The first-order chi connectivity index (χ1) is 15.3. The summed E-state index contributed by atoms with van der Waals surface area (Å²) in [5.74, 6) is 0.137. The maximum absolute atomic E-state index is 13.5. The van der Waals surface area contributed by atoms with Crippen LogP contribution in [0.3, 0.4) is 0 Å². The summed E-state index contributed by atoms with van der Waals surface area (Å²) in [6.45, 7) is 6.41. The molecule has 1 aliphatic heterocycles. The SMILES string of the molecule is CC(CN)OC(=O)OC(C)N1C=CN(CC2CCc3c(c4ccccc4n3C)C2=O)C1C. The number of hydrogen-bond donors (Lipinski definition) is 1. The van der Waals surface area contributed by atoms with Crippen LogP contribution in [0.4, 0.5) is 4.79 Å². The molecule has 1 aromatic heterocycles. The lowest BCUT2D eigenvalue weighted by Gasteiger charge is -2.35. The van der Waals surface area contributed by atoms with E-state index in [-0.39, 0.29) is 24.4 Å². The number of rotatable bonds is 6. The number of ether oxygens (including phenoxy) is 2. The van der Waals surface area contributed by atoms with Gasteiger partial charge in [0.05, 0.1) is 0 Å². The van der Waals surface area contributed by atoms with Crippen molar-refractivity contribution in [2.24, 2.45) is 18.7 Å². The fourth-order valence-corrected chi connectivity index (χ4v) is 4.75. The maximum Gasteiger partial charge on any atom is 0.510 e. The predicted molar refractivity (Wildman–Crippen MR) is 122 cm³/mol. The van der Waals surface area contributed by atoms with Crippen LogP contribution in [0.5, 0.6) is 0 Å². The molecule has 1 aliphatic carbocycles. The van der Waals surface area contributed by atoms with Gasteiger partial charge in [0.15, 0.2) is 12.0 Å². The van der Waals surface area contributed by atoms with Gasteiger partial charge in [-0.3, -0.25) is 4.79 Å². The summed E-state index contributed by atoms with van der Waals surface area (Å²) in [6.07, 6.45) is 3.88. The van der Waals surface area contributed by atoms with Crippen LogP contribution in [0.1, 0.15) is 43.2 Å². The van der Waals surface area contributed by atoms with Crippen LogP contribution in [-0.2, 0) is 22.9 Å². The first-order valence-electron chi connectivity index (χ1n) is 11.2. The van der Waals surface area contributed by atoms with Gasteiger partial charge in [0, 0.05) is 60.6 Å². The number of nitrogens with zero attached hydrogens (tertiary/aromatic N) is 3. The van der Waals surface area contributed by atoms with Gasteiger partial charge >= 0.3 is 6.16 Å². The van der Waals surface area contributed by atoms with E-state index in [9.17, 15) is 9.59 Å². The number of carbonyl (C=O) groups is 2. The van der Waals surface area contributed by atoms with Crippen LogP contribution in [-0.4, -0.2) is 57.9 Å². The van der Waals surface area contributed by atoms with Crippen molar-refractivity contribution in [1.82, 2.24) is 14.4 Å². The van der Waals surface area contributed by atoms with E-state index in [2.05, 4.69) is 15.5 Å². The van der Waals surface area contributed by atoms with Crippen molar-refractivity contribution in [2.45, 2.75) is 52.1 Å². The first kappa shape index (κ1) is 22.2. The van der Waals surface area contributed by atoms with Crippen LogP contribution >= 0.6 is 0 Å². The highest BCUT2D eigenvalue weighted by Gasteiger charge is 2.36. The minimum atomic E-state index is -0.736. The molecule has 0 radical (unpaired) electrons. The number of benzene rings is 1. The van der Waals surface area contributed by atoms with E-state index in [1.807, 2.05) is 49.5 Å². The molecule has 2 N–H and O–H groups in total. The largest absolute Gasteiger partial charge is 0.510 e. The number of fused-ring (bicyclic) bond motifs is 3. The van der Waals surface area contributed by atoms with Crippen molar-refractivity contribution in [2.75, 3.05) is 13.1 Å². The molecular weight excluding hydrogens is 408 g/mol. The Bertz CT molecular complexity index is 1050. The zero-order chi connectivity index (χ0) is 23.0. The van der Waals surface area contributed by atoms with Gasteiger partial charge in [-0.15, -0.1) is 0 Å². The molecule has 2 aliphatic rings. The summed E-state index contributed by atoms with van der Waals surface area (Å²) in [4.78, 5) is 29.5. The molecule has 0 bridgehead atoms. The fraction of sp³-hybridized carbons (Fsp3) is 0.500. The number of hydrogen-bond acceptors (Lipinski definition) is 7. The second kappa shape index (κ2) is 8.86. The molecule has 8 nitrogen and oxygen atoms in total. The van der Waals surface area contributed by atoms with Gasteiger partial charge in [0.2, 0.25) is 0 Å². The molecule has 4 rings (SSSR count). The Labute approximate surface area is 188 Å². The molecule has 4 unspecified atom stereocenters. The lowest BCUT2D eigenvalue weighted by atomic mass is 9.84. The molecule has 8 heteroatoms. The summed E-state index contributed by atoms with van der Waals surface area (Å²) in [5.41, 5.74) is 8.60. The summed E-state index contributed by atoms with van der Waals surface area (Å²) >= 11 is 0. The minimum Gasteiger partial charge on any atom is -0.430 e. The van der Waals surface area contributed by atoms with Crippen LogP contribution in [0.25, 0.3) is 10.9 Å². The lowest BCUT2D eigenvalue weighted by molar-refractivity contribution is -0.0524. The zero-order valence-electron chi connectivity index (χ0n) is 19.2. The number of nitrogens with two attached hydrogens (primary N) is 1. The number of para-hydroxylation sites is 1. The summed E-state index contributed by atoms with van der Waals surface area (Å²) in [6, 6.07) is 8.11. The Hall–Kier alpha value is -3.00. The van der Waals surface area contributed by atoms with Gasteiger partial charge in [0.1, 0.15) is 12.3 Å². The fourth-order valence-electron chi connectivity index (χ4n) is 4.75. The molecule has 2 aromatic rings. The molecule has 0 fully saturated rings. The van der Waals surface area contributed by atoms with Crippen molar-refractivity contribution < 1.29 is 19.1 Å². The van der Waals surface area contributed by atoms with Crippen molar-refractivity contribution in [3.05, 3.63) is 47.9 Å². The van der Waals surface area contributed by atoms with Gasteiger partial charge in [-0.25, -0.2) is 4.79 Å². The van der Waals surface area contributed by atoms with E-state index in [1.165, 1.54) is 0 Å². The molecule has 0 saturated carbocycles. The molecule has 0 amide bonds. The molecule has 172 valence electrons. The third kappa shape index (κ3) is 3.95. The van der Waals surface area contributed by atoms with E-state index in [4.69, 9.17) is 15.2 Å². The molecule has 1 aromatic carbocycles. The lowest BCUT2D eigenvalue weighted by Crippen LogP contribution is -2.45. The monoisotopic (exact) mass is 440 g/mol. The van der Waals surface area contributed by atoms with Crippen molar-refractivity contribution in [1.29, 1.82) is 0 Å². The second-order valence-electron chi connectivity index (χ2n) is 8.70. The summed E-state index contributed by atoms with van der Waals surface area (Å²) in [7, 11) is 2.04. The van der Waals surface area contributed by atoms with Gasteiger partial charge in [-0.1, -0.05) is 18.2 Å². The quantitative estimate of drug-likeness (QED) is 0.690. The van der Waals surface area contributed by atoms with E-state index >= 15 is 0 Å². The van der Waals surface area contributed by atoms with Crippen LogP contribution in [0.15, 0.2) is 36.7 Å². The molecule has 4 atom stereocenters. The summed E-state index contributed by atoms with van der Waals surface area (Å²) < 4.78 is 12.7. The third-order valence-electron chi connectivity index (χ3n) is 6.66.